The molecule has 0 fully saturated rings. The van der Waals surface area contributed by atoms with Crippen molar-refractivity contribution in [2.45, 2.75) is 26.7 Å². The van der Waals surface area contributed by atoms with Crippen molar-refractivity contribution in [3.05, 3.63) is 35.1 Å². The van der Waals surface area contributed by atoms with E-state index < -0.39 is 5.97 Å². The van der Waals surface area contributed by atoms with Crippen molar-refractivity contribution in [2.75, 3.05) is 0 Å². The summed E-state index contributed by atoms with van der Waals surface area (Å²) in [5.41, 5.74) is 2.50. The van der Waals surface area contributed by atoms with E-state index in [1.165, 1.54) is 0 Å². The molecule has 2 aromatic rings. The van der Waals surface area contributed by atoms with E-state index >= 15 is 0 Å². The number of carboxylic acids is 1. The lowest BCUT2D eigenvalue weighted by molar-refractivity contribution is 0.0663. The van der Waals surface area contributed by atoms with Crippen molar-refractivity contribution >= 4 is 16.9 Å². The lowest BCUT2D eigenvalue weighted by atomic mass is 9.99. The van der Waals surface area contributed by atoms with Crippen LogP contribution in [0.1, 0.15) is 41.4 Å². The smallest absolute Gasteiger partial charge is 0.372 e. The van der Waals surface area contributed by atoms with Gasteiger partial charge in [-0.05, 0) is 24.5 Å². The zero-order valence-electron chi connectivity index (χ0n) is 9.57. The van der Waals surface area contributed by atoms with Crippen LogP contribution >= 0.6 is 0 Å². The maximum atomic E-state index is 11.1. The molecule has 3 nitrogen and oxygen atoms in total. The van der Waals surface area contributed by atoms with Crippen LogP contribution in [0.3, 0.4) is 0 Å². The van der Waals surface area contributed by atoms with E-state index in [1.54, 1.807) is 0 Å². The Morgan fingerprint density at radius 1 is 1.38 bits per heavy atom. The van der Waals surface area contributed by atoms with Gasteiger partial charge in [-0.3, -0.25) is 0 Å². The van der Waals surface area contributed by atoms with Crippen LogP contribution in [0.25, 0.3) is 11.0 Å². The lowest BCUT2D eigenvalue weighted by Gasteiger charge is -2.03. The van der Waals surface area contributed by atoms with E-state index in [4.69, 9.17) is 9.52 Å². The zero-order valence-corrected chi connectivity index (χ0v) is 9.57. The number of rotatable bonds is 2. The van der Waals surface area contributed by atoms with Crippen LogP contribution in [-0.2, 0) is 0 Å². The molecule has 0 atom stereocenters. The quantitative estimate of drug-likeness (QED) is 0.838. The van der Waals surface area contributed by atoms with Crippen molar-refractivity contribution in [3.8, 4) is 0 Å². The molecular weight excluding hydrogens is 204 g/mol. The summed E-state index contributed by atoms with van der Waals surface area (Å²) in [4.78, 5) is 11.1. The summed E-state index contributed by atoms with van der Waals surface area (Å²) in [6.07, 6.45) is 0. The molecule has 3 heteroatoms. The van der Waals surface area contributed by atoms with Crippen LogP contribution in [0, 0.1) is 6.92 Å². The third kappa shape index (κ3) is 1.58. The van der Waals surface area contributed by atoms with E-state index in [9.17, 15) is 4.79 Å². The second-order valence-corrected chi connectivity index (χ2v) is 4.30. The van der Waals surface area contributed by atoms with Gasteiger partial charge in [0, 0.05) is 10.9 Å². The number of aryl methyl sites for hydroxylation is 1. The average Bonchev–Trinajstić information content (AvgIpc) is 2.55. The molecule has 0 radical (unpaired) electrons. The molecule has 0 aliphatic rings. The van der Waals surface area contributed by atoms with Gasteiger partial charge in [0.2, 0.25) is 5.76 Å². The number of fused-ring (bicyclic) bond motifs is 1. The van der Waals surface area contributed by atoms with Gasteiger partial charge >= 0.3 is 5.97 Å². The Hall–Kier alpha value is -1.77. The Labute approximate surface area is 93.7 Å². The molecule has 0 bridgehead atoms. The monoisotopic (exact) mass is 218 g/mol. The molecule has 16 heavy (non-hydrogen) atoms. The molecule has 0 aliphatic carbocycles. The Balaban J connectivity index is 2.81. The summed E-state index contributed by atoms with van der Waals surface area (Å²) in [5, 5.41) is 9.99. The van der Waals surface area contributed by atoms with E-state index in [0.717, 1.165) is 16.5 Å². The molecule has 0 unspecified atom stereocenters. The minimum atomic E-state index is -1.00. The predicted octanol–water partition coefficient (Wildman–Crippen LogP) is 3.56. The molecular formula is C13H14O3. The highest BCUT2D eigenvalue weighted by molar-refractivity contribution is 5.95. The fraction of sp³-hybridized carbons (Fsp3) is 0.308. The summed E-state index contributed by atoms with van der Waals surface area (Å²) < 4.78 is 5.40. The van der Waals surface area contributed by atoms with Crippen LogP contribution in [0.15, 0.2) is 22.6 Å². The Kier molecular flexibility index (Phi) is 2.46. The number of hydrogen-bond donors (Lipinski definition) is 1. The average molecular weight is 218 g/mol. The van der Waals surface area contributed by atoms with Gasteiger partial charge in [0.25, 0.3) is 0 Å². The van der Waals surface area contributed by atoms with Gasteiger partial charge in [0.05, 0.1) is 0 Å². The first-order valence-corrected chi connectivity index (χ1v) is 5.27. The maximum Gasteiger partial charge on any atom is 0.372 e. The number of carboxylic acid groups (broad SMARTS) is 1. The van der Waals surface area contributed by atoms with E-state index in [2.05, 4.69) is 0 Å². The Morgan fingerprint density at radius 3 is 2.62 bits per heavy atom. The van der Waals surface area contributed by atoms with Crippen molar-refractivity contribution in [3.63, 3.8) is 0 Å². The van der Waals surface area contributed by atoms with Gasteiger partial charge in [0.1, 0.15) is 5.58 Å². The van der Waals surface area contributed by atoms with Gasteiger partial charge in [-0.25, -0.2) is 4.79 Å². The van der Waals surface area contributed by atoms with Crippen molar-refractivity contribution in [1.82, 2.24) is 0 Å². The van der Waals surface area contributed by atoms with Gasteiger partial charge in [-0.2, -0.15) is 0 Å². The fourth-order valence-electron chi connectivity index (χ4n) is 1.96. The Morgan fingerprint density at radius 2 is 2.06 bits per heavy atom. The molecule has 1 aromatic carbocycles. The highest BCUT2D eigenvalue weighted by Gasteiger charge is 2.21. The number of hydrogen-bond acceptors (Lipinski definition) is 2. The summed E-state index contributed by atoms with van der Waals surface area (Å²) in [6.45, 7) is 5.89. The second-order valence-electron chi connectivity index (χ2n) is 4.30. The van der Waals surface area contributed by atoms with Gasteiger partial charge in [0.15, 0.2) is 0 Å². The molecule has 0 spiro atoms. The van der Waals surface area contributed by atoms with Gasteiger partial charge in [-0.1, -0.05) is 26.0 Å². The molecule has 1 aromatic heterocycles. The van der Waals surface area contributed by atoms with Crippen LogP contribution in [0.2, 0.25) is 0 Å². The molecule has 0 saturated heterocycles. The van der Waals surface area contributed by atoms with Gasteiger partial charge in [-0.15, -0.1) is 0 Å². The lowest BCUT2D eigenvalue weighted by Crippen LogP contribution is -2.00. The van der Waals surface area contributed by atoms with E-state index in [-0.39, 0.29) is 11.7 Å². The van der Waals surface area contributed by atoms with Crippen LogP contribution < -0.4 is 0 Å². The standard InChI is InChI=1S/C13H14O3/c1-7(2)11-9-5-4-8(3)6-10(9)16-12(11)13(14)15/h4-7H,1-3H3,(H,14,15). The summed E-state index contributed by atoms with van der Waals surface area (Å²) >= 11 is 0. The highest BCUT2D eigenvalue weighted by atomic mass is 16.4. The minimum absolute atomic E-state index is 0.0654. The zero-order chi connectivity index (χ0) is 11.9. The van der Waals surface area contributed by atoms with E-state index in [1.807, 2.05) is 39.0 Å². The molecule has 1 heterocycles. The van der Waals surface area contributed by atoms with Crippen molar-refractivity contribution in [1.29, 1.82) is 0 Å². The minimum Gasteiger partial charge on any atom is -0.475 e. The molecule has 1 N–H and O–H groups in total. The molecule has 0 aliphatic heterocycles. The summed E-state index contributed by atoms with van der Waals surface area (Å²) in [6, 6.07) is 5.76. The summed E-state index contributed by atoms with van der Waals surface area (Å²) in [5.74, 6) is -0.803. The molecule has 2 rings (SSSR count). The van der Waals surface area contributed by atoms with E-state index in [0.29, 0.717) is 5.58 Å². The second kappa shape index (κ2) is 3.67. The van der Waals surface area contributed by atoms with Crippen LogP contribution in [0.5, 0.6) is 0 Å². The predicted molar refractivity (Wildman–Crippen MR) is 62.0 cm³/mol. The maximum absolute atomic E-state index is 11.1. The fourth-order valence-corrected chi connectivity index (χ4v) is 1.96. The number of aromatic carboxylic acids is 1. The molecule has 84 valence electrons. The summed E-state index contributed by atoms with van der Waals surface area (Å²) in [7, 11) is 0. The highest BCUT2D eigenvalue weighted by Crippen LogP contribution is 2.32. The first-order chi connectivity index (χ1) is 7.50. The number of benzene rings is 1. The first kappa shape index (κ1) is 10.7. The normalized spacial score (nSPS) is 11.2. The Bertz CT molecular complexity index is 550. The third-order valence-corrected chi connectivity index (χ3v) is 2.66. The largest absolute Gasteiger partial charge is 0.475 e. The number of furan rings is 1. The van der Waals surface area contributed by atoms with Gasteiger partial charge < -0.3 is 9.52 Å². The molecule has 0 saturated carbocycles. The van der Waals surface area contributed by atoms with Crippen LogP contribution in [-0.4, -0.2) is 11.1 Å². The van der Waals surface area contributed by atoms with Crippen molar-refractivity contribution < 1.29 is 14.3 Å². The SMILES string of the molecule is Cc1ccc2c(C(C)C)c(C(=O)O)oc2c1. The first-order valence-electron chi connectivity index (χ1n) is 5.27. The topological polar surface area (TPSA) is 50.4 Å². The third-order valence-electron chi connectivity index (χ3n) is 2.66. The van der Waals surface area contributed by atoms with Crippen molar-refractivity contribution in [2.24, 2.45) is 0 Å². The number of carbonyl (C=O) groups is 1. The van der Waals surface area contributed by atoms with Crippen LogP contribution in [0.4, 0.5) is 0 Å². The molecule has 0 amide bonds.